The number of allylic oxidation sites excluding steroid dienone is 2. The van der Waals surface area contributed by atoms with Crippen molar-refractivity contribution in [3.63, 3.8) is 0 Å². The quantitative estimate of drug-likeness (QED) is 0.494. The molecule has 0 amide bonds. The third kappa shape index (κ3) is 3.55. The lowest BCUT2D eigenvalue weighted by molar-refractivity contribution is -0.121. The zero-order chi connectivity index (χ0) is 9.02. The van der Waals surface area contributed by atoms with Crippen LogP contribution < -0.4 is 0 Å². The van der Waals surface area contributed by atoms with Crippen molar-refractivity contribution < 1.29 is 14.7 Å². The molecule has 0 aromatic heterocycles. The summed E-state index contributed by atoms with van der Waals surface area (Å²) >= 11 is 0. The maximum Gasteiger partial charge on any atom is 0.199 e. The lowest BCUT2D eigenvalue weighted by atomic mass is 10.1. The second-order valence-corrected chi connectivity index (χ2v) is 2.66. The summed E-state index contributed by atoms with van der Waals surface area (Å²) in [7, 11) is 0. The van der Waals surface area contributed by atoms with Crippen LogP contribution in [0.5, 0.6) is 0 Å². The highest BCUT2D eigenvalue weighted by Gasteiger charge is 2.12. The van der Waals surface area contributed by atoms with E-state index in [1.165, 1.54) is 6.92 Å². The highest BCUT2D eigenvalue weighted by Crippen LogP contribution is 2.02. The van der Waals surface area contributed by atoms with Crippen molar-refractivity contribution in [1.82, 2.24) is 0 Å². The van der Waals surface area contributed by atoms with Gasteiger partial charge < -0.3 is 5.11 Å². The largest absolute Gasteiger partial charge is 0.504 e. The Labute approximate surface area is 65.7 Å². The molecule has 0 aromatic rings. The Hall–Kier alpha value is -1.12. The van der Waals surface area contributed by atoms with Crippen LogP contribution in [0.2, 0.25) is 0 Å². The van der Waals surface area contributed by atoms with Crippen LogP contribution in [0.3, 0.4) is 0 Å². The van der Waals surface area contributed by atoms with E-state index in [1.807, 2.05) is 0 Å². The molecule has 0 aliphatic carbocycles. The topological polar surface area (TPSA) is 54.4 Å². The maximum absolute atomic E-state index is 10.9. The molecule has 0 aromatic carbocycles. The van der Waals surface area contributed by atoms with Gasteiger partial charge in [0, 0.05) is 12.0 Å². The number of carbonyl (C=O) groups is 2. The Kier molecular flexibility index (Phi) is 3.51. The van der Waals surface area contributed by atoms with E-state index in [4.69, 9.17) is 5.11 Å². The lowest BCUT2D eigenvalue weighted by Crippen LogP contribution is -2.10. The summed E-state index contributed by atoms with van der Waals surface area (Å²) in [5, 5.41) is 8.95. The van der Waals surface area contributed by atoms with Gasteiger partial charge in [-0.3, -0.25) is 9.59 Å². The molecule has 3 nitrogen and oxygen atoms in total. The molecule has 3 heteroatoms. The fraction of sp³-hybridized carbons (Fsp3) is 0.500. The third-order valence-electron chi connectivity index (χ3n) is 1.12. The van der Waals surface area contributed by atoms with Crippen molar-refractivity contribution in [3.8, 4) is 0 Å². The highest BCUT2D eigenvalue weighted by molar-refractivity contribution is 6.00. The van der Waals surface area contributed by atoms with Gasteiger partial charge in [0.1, 0.15) is 0 Å². The molecule has 0 fully saturated rings. The van der Waals surface area contributed by atoms with Gasteiger partial charge in [-0.15, -0.1) is 0 Å². The zero-order valence-electron chi connectivity index (χ0n) is 6.92. The van der Waals surface area contributed by atoms with E-state index in [2.05, 4.69) is 0 Å². The molecule has 0 unspecified atom stereocenters. The van der Waals surface area contributed by atoms with Crippen molar-refractivity contribution in [2.24, 2.45) is 5.92 Å². The van der Waals surface area contributed by atoms with Crippen molar-refractivity contribution in [1.29, 1.82) is 0 Å². The monoisotopic (exact) mass is 156 g/mol. The highest BCUT2D eigenvalue weighted by atomic mass is 16.3. The molecule has 0 saturated carbocycles. The van der Waals surface area contributed by atoms with Gasteiger partial charge in [-0.2, -0.15) is 0 Å². The molecule has 0 atom stereocenters. The minimum atomic E-state index is -0.451. The molecule has 0 bridgehead atoms. The van der Waals surface area contributed by atoms with Gasteiger partial charge in [0.2, 0.25) is 0 Å². The minimum absolute atomic E-state index is 0.273. The molecule has 62 valence electrons. The van der Waals surface area contributed by atoms with Crippen LogP contribution in [0.1, 0.15) is 20.8 Å². The maximum atomic E-state index is 10.9. The Morgan fingerprint density at radius 2 is 1.82 bits per heavy atom. The van der Waals surface area contributed by atoms with E-state index in [-0.39, 0.29) is 11.7 Å². The number of rotatable bonds is 3. The number of aliphatic hydroxyl groups is 1. The van der Waals surface area contributed by atoms with Gasteiger partial charge in [-0.05, 0) is 6.92 Å². The molecule has 0 aliphatic heterocycles. The Bertz CT molecular complexity index is 201. The Morgan fingerprint density at radius 1 is 1.36 bits per heavy atom. The third-order valence-corrected chi connectivity index (χ3v) is 1.12. The van der Waals surface area contributed by atoms with Gasteiger partial charge in [-0.25, -0.2) is 0 Å². The molecule has 11 heavy (non-hydrogen) atoms. The van der Waals surface area contributed by atoms with Crippen LogP contribution >= 0.6 is 0 Å². The normalized spacial score (nSPS) is 11.8. The number of hydrogen-bond acceptors (Lipinski definition) is 3. The standard InChI is InChI=1S/C8H12O3/c1-5(2)8(11)7(10)4-6(3)9/h4-5,10H,1-3H3/b7-4+. The smallest absolute Gasteiger partial charge is 0.199 e. The molecular weight excluding hydrogens is 144 g/mol. The predicted molar refractivity (Wildman–Crippen MR) is 41.2 cm³/mol. The van der Waals surface area contributed by atoms with E-state index >= 15 is 0 Å². The number of carbonyl (C=O) groups excluding carboxylic acids is 2. The molecule has 0 aliphatic rings. The number of hydrogen-bond donors (Lipinski definition) is 1. The molecule has 1 N–H and O–H groups in total. The second kappa shape index (κ2) is 3.91. The predicted octanol–water partition coefficient (Wildman–Crippen LogP) is 1.24. The van der Waals surface area contributed by atoms with Crippen molar-refractivity contribution in [3.05, 3.63) is 11.8 Å². The van der Waals surface area contributed by atoms with Crippen LogP contribution in [-0.4, -0.2) is 16.7 Å². The van der Waals surface area contributed by atoms with Gasteiger partial charge in [-0.1, -0.05) is 13.8 Å². The van der Waals surface area contributed by atoms with E-state index in [9.17, 15) is 9.59 Å². The first kappa shape index (κ1) is 9.88. The molecule has 0 rings (SSSR count). The lowest BCUT2D eigenvalue weighted by Gasteiger charge is -2.00. The summed E-state index contributed by atoms with van der Waals surface area (Å²) in [6, 6.07) is 0. The summed E-state index contributed by atoms with van der Waals surface area (Å²) in [6.45, 7) is 4.60. The second-order valence-electron chi connectivity index (χ2n) is 2.66. The average molecular weight is 156 g/mol. The fourth-order valence-corrected chi connectivity index (χ4v) is 0.559. The van der Waals surface area contributed by atoms with E-state index in [0.29, 0.717) is 0 Å². The summed E-state index contributed by atoms with van der Waals surface area (Å²) in [6.07, 6.45) is 0.933. The molecule has 0 spiro atoms. The molecular formula is C8H12O3. The van der Waals surface area contributed by atoms with Gasteiger partial charge in [0.05, 0.1) is 0 Å². The SMILES string of the molecule is CC(=O)/C=C(/O)C(=O)C(C)C. The molecule has 0 radical (unpaired) electrons. The Morgan fingerprint density at radius 3 is 2.09 bits per heavy atom. The Balaban J connectivity index is 4.36. The summed E-state index contributed by atoms with van der Waals surface area (Å²) in [5.41, 5.74) is 0. The van der Waals surface area contributed by atoms with Crippen LogP contribution in [0.25, 0.3) is 0 Å². The van der Waals surface area contributed by atoms with Crippen LogP contribution in [0.15, 0.2) is 11.8 Å². The number of ketones is 2. The first-order valence-electron chi connectivity index (χ1n) is 3.40. The first-order valence-corrected chi connectivity index (χ1v) is 3.40. The minimum Gasteiger partial charge on any atom is -0.504 e. The summed E-state index contributed by atoms with van der Waals surface area (Å²) in [4.78, 5) is 21.3. The van der Waals surface area contributed by atoms with E-state index in [1.54, 1.807) is 13.8 Å². The van der Waals surface area contributed by atoms with Gasteiger partial charge >= 0.3 is 0 Å². The van der Waals surface area contributed by atoms with E-state index < -0.39 is 11.5 Å². The summed E-state index contributed by atoms with van der Waals surface area (Å²) < 4.78 is 0. The average Bonchev–Trinajstić information content (AvgIpc) is 1.84. The zero-order valence-corrected chi connectivity index (χ0v) is 6.92. The van der Waals surface area contributed by atoms with Gasteiger partial charge in [0.15, 0.2) is 17.3 Å². The van der Waals surface area contributed by atoms with Crippen LogP contribution in [0, 0.1) is 5.92 Å². The van der Waals surface area contributed by atoms with E-state index in [0.717, 1.165) is 6.08 Å². The van der Waals surface area contributed by atoms with Gasteiger partial charge in [0.25, 0.3) is 0 Å². The van der Waals surface area contributed by atoms with Crippen LogP contribution in [-0.2, 0) is 9.59 Å². The van der Waals surface area contributed by atoms with Crippen molar-refractivity contribution in [2.75, 3.05) is 0 Å². The van der Waals surface area contributed by atoms with Crippen molar-refractivity contribution >= 4 is 11.6 Å². The molecule has 0 saturated heterocycles. The first-order chi connectivity index (χ1) is 4.95. The fourth-order valence-electron chi connectivity index (χ4n) is 0.559. The number of aliphatic hydroxyl groups excluding tert-OH is 1. The van der Waals surface area contributed by atoms with Crippen molar-refractivity contribution in [2.45, 2.75) is 20.8 Å². The summed E-state index contributed by atoms with van der Waals surface area (Å²) in [5.74, 6) is -1.45. The van der Waals surface area contributed by atoms with Crippen LogP contribution in [0.4, 0.5) is 0 Å². The molecule has 0 heterocycles. The number of Topliss-reactive ketones (excluding diaryl/α,β-unsaturated/α-hetero) is 1.